The topological polar surface area (TPSA) is 37.8 Å². The van der Waals surface area contributed by atoms with E-state index in [2.05, 4.69) is 31.4 Å². The Bertz CT molecular complexity index is 649. The molecule has 9 heteroatoms. The maximum atomic E-state index is 12.8. The lowest BCUT2D eigenvalue weighted by Crippen LogP contribution is -2.06. The van der Waals surface area contributed by atoms with Crippen LogP contribution in [0.4, 0.5) is 24.5 Å². The average Bonchev–Trinajstić information content (AvgIpc) is 2.35. The van der Waals surface area contributed by atoms with Crippen LogP contribution in [0.25, 0.3) is 0 Å². The van der Waals surface area contributed by atoms with Crippen molar-refractivity contribution in [2.45, 2.75) is 6.18 Å². The number of alkyl halides is 3. The van der Waals surface area contributed by atoms with Crippen LogP contribution < -0.4 is 5.32 Å². The molecule has 0 spiro atoms. The van der Waals surface area contributed by atoms with E-state index in [-0.39, 0.29) is 26.2 Å². The van der Waals surface area contributed by atoms with Gasteiger partial charge in [0.1, 0.15) is 0 Å². The van der Waals surface area contributed by atoms with Gasteiger partial charge in [-0.25, -0.2) is 0 Å². The van der Waals surface area contributed by atoms with Crippen LogP contribution >= 0.6 is 39.1 Å². The number of anilines is 2. The molecule has 0 fully saturated rings. The van der Waals surface area contributed by atoms with Crippen LogP contribution in [0, 0.1) is 0 Å². The monoisotopic (exact) mass is 385 g/mol. The van der Waals surface area contributed by atoms with Crippen molar-refractivity contribution in [3.05, 3.63) is 44.6 Å². The fourth-order valence-corrected chi connectivity index (χ4v) is 2.17. The van der Waals surface area contributed by atoms with E-state index in [0.29, 0.717) is 0 Å². The van der Waals surface area contributed by atoms with Gasteiger partial charge in [-0.1, -0.05) is 39.1 Å². The van der Waals surface area contributed by atoms with Crippen molar-refractivity contribution in [3.63, 3.8) is 0 Å². The van der Waals surface area contributed by atoms with Crippen molar-refractivity contribution in [2.75, 3.05) is 5.32 Å². The molecule has 0 aliphatic rings. The van der Waals surface area contributed by atoms with E-state index in [1.807, 2.05) is 0 Å². The molecule has 0 atom stereocenters. The number of hydrogen-bond acceptors (Lipinski definition) is 3. The smallest absolute Gasteiger partial charge is 0.353 e. The first-order chi connectivity index (χ1) is 9.27. The normalized spacial score (nSPS) is 11.5. The molecule has 0 aliphatic heterocycles. The van der Waals surface area contributed by atoms with Gasteiger partial charge in [0.05, 0.1) is 11.3 Å². The van der Waals surface area contributed by atoms with E-state index in [1.165, 1.54) is 18.2 Å². The molecule has 0 unspecified atom stereocenters. The first kappa shape index (κ1) is 15.3. The highest BCUT2D eigenvalue weighted by Crippen LogP contribution is 2.37. The third kappa shape index (κ3) is 3.53. The average molecular weight is 387 g/mol. The summed E-state index contributed by atoms with van der Waals surface area (Å²) in [6.07, 6.45) is -4.46. The van der Waals surface area contributed by atoms with Crippen molar-refractivity contribution in [1.82, 2.24) is 10.2 Å². The molecule has 0 saturated heterocycles. The third-order valence-electron chi connectivity index (χ3n) is 2.27. The first-order valence-corrected chi connectivity index (χ1v) is 6.65. The van der Waals surface area contributed by atoms with Gasteiger partial charge in [0.2, 0.25) is 0 Å². The van der Waals surface area contributed by atoms with E-state index >= 15 is 0 Å². The lowest BCUT2D eigenvalue weighted by Gasteiger charge is -2.13. The minimum atomic E-state index is -4.46. The molecule has 2 rings (SSSR count). The molecule has 2 aromatic rings. The van der Waals surface area contributed by atoms with Crippen LogP contribution in [-0.4, -0.2) is 10.2 Å². The van der Waals surface area contributed by atoms with Crippen LogP contribution in [0.3, 0.4) is 0 Å². The molecule has 0 amide bonds. The summed E-state index contributed by atoms with van der Waals surface area (Å²) in [5.74, 6) is 0. The van der Waals surface area contributed by atoms with Gasteiger partial charge < -0.3 is 5.32 Å². The van der Waals surface area contributed by atoms with Gasteiger partial charge in [-0.15, -0.1) is 10.2 Å². The van der Waals surface area contributed by atoms with Crippen LogP contribution in [0.2, 0.25) is 10.3 Å². The summed E-state index contributed by atoms with van der Waals surface area (Å²) in [5.41, 5.74) is -0.333. The summed E-state index contributed by atoms with van der Waals surface area (Å²) in [6.45, 7) is 0. The van der Waals surface area contributed by atoms with Crippen molar-refractivity contribution in [2.24, 2.45) is 0 Å². The predicted octanol–water partition coefficient (Wildman–Crippen LogP) is 5.31. The Morgan fingerprint density at radius 3 is 2.45 bits per heavy atom. The summed E-state index contributed by atoms with van der Waals surface area (Å²) in [6, 6.07) is 5.07. The number of nitrogens with zero attached hydrogens (tertiary/aromatic N) is 2. The van der Waals surface area contributed by atoms with Gasteiger partial charge in [0.15, 0.2) is 10.3 Å². The lowest BCUT2D eigenvalue weighted by atomic mass is 10.2. The minimum absolute atomic E-state index is 0.00544. The van der Waals surface area contributed by atoms with E-state index < -0.39 is 11.7 Å². The van der Waals surface area contributed by atoms with Crippen LogP contribution in [0.5, 0.6) is 0 Å². The molecule has 20 heavy (non-hydrogen) atoms. The predicted molar refractivity (Wildman–Crippen MR) is 74.5 cm³/mol. The molecule has 0 saturated carbocycles. The molecule has 0 bridgehead atoms. The lowest BCUT2D eigenvalue weighted by molar-refractivity contribution is -0.138. The molecular formula is C11H5BrCl2F3N3. The second-order valence-corrected chi connectivity index (χ2v) is 5.29. The standard InChI is InChI=1S/C11H5BrCl2F3N3/c12-7-2-1-5(3-6(7)11(15,16)17)18-8-4-9(13)19-20-10(8)14/h1-4H,(H,18,19). The number of aromatic nitrogens is 2. The highest BCUT2D eigenvalue weighted by molar-refractivity contribution is 9.10. The molecule has 1 N–H and O–H groups in total. The zero-order chi connectivity index (χ0) is 14.9. The molecular weight excluding hydrogens is 382 g/mol. The van der Waals surface area contributed by atoms with E-state index in [4.69, 9.17) is 23.2 Å². The number of nitrogens with one attached hydrogen (secondary N) is 1. The van der Waals surface area contributed by atoms with E-state index in [1.54, 1.807) is 0 Å². The number of hydrogen-bond donors (Lipinski definition) is 1. The van der Waals surface area contributed by atoms with Gasteiger partial charge >= 0.3 is 6.18 Å². The van der Waals surface area contributed by atoms with Crippen LogP contribution in [-0.2, 0) is 6.18 Å². The maximum Gasteiger partial charge on any atom is 0.417 e. The van der Waals surface area contributed by atoms with Crippen molar-refractivity contribution in [1.29, 1.82) is 0 Å². The van der Waals surface area contributed by atoms with E-state index in [9.17, 15) is 13.2 Å². The Morgan fingerprint density at radius 1 is 1.10 bits per heavy atom. The van der Waals surface area contributed by atoms with Gasteiger partial charge in [-0.05, 0) is 18.2 Å². The summed E-state index contributed by atoms with van der Waals surface area (Å²) >= 11 is 14.3. The fourth-order valence-electron chi connectivity index (χ4n) is 1.42. The molecule has 3 nitrogen and oxygen atoms in total. The van der Waals surface area contributed by atoms with Gasteiger partial charge in [-0.2, -0.15) is 13.2 Å². The molecule has 106 valence electrons. The fraction of sp³-hybridized carbons (Fsp3) is 0.0909. The zero-order valence-corrected chi connectivity index (χ0v) is 12.6. The third-order valence-corrected chi connectivity index (χ3v) is 3.43. The Morgan fingerprint density at radius 2 is 1.80 bits per heavy atom. The van der Waals surface area contributed by atoms with Gasteiger partial charge in [0, 0.05) is 16.2 Å². The van der Waals surface area contributed by atoms with E-state index in [0.717, 1.165) is 6.07 Å². The molecule has 1 aromatic carbocycles. The number of halogens is 6. The Balaban J connectivity index is 2.37. The van der Waals surface area contributed by atoms with Crippen LogP contribution in [0.15, 0.2) is 28.7 Å². The van der Waals surface area contributed by atoms with Gasteiger partial charge in [0.25, 0.3) is 0 Å². The summed E-state index contributed by atoms with van der Waals surface area (Å²) < 4.78 is 38.3. The van der Waals surface area contributed by atoms with Crippen molar-refractivity contribution < 1.29 is 13.2 Å². The Labute approximate surface area is 130 Å². The molecule has 1 heterocycles. The van der Waals surface area contributed by atoms with Crippen molar-refractivity contribution in [3.8, 4) is 0 Å². The summed E-state index contributed by atoms with van der Waals surface area (Å²) in [5, 5.41) is 9.85. The zero-order valence-electron chi connectivity index (χ0n) is 9.47. The Kier molecular flexibility index (Phi) is 4.41. The first-order valence-electron chi connectivity index (χ1n) is 5.10. The number of benzene rings is 1. The number of rotatable bonds is 2. The highest BCUT2D eigenvalue weighted by Gasteiger charge is 2.33. The minimum Gasteiger partial charge on any atom is -0.353 e. The van der Waals surface area contributed by atoms with Crippen LogP contribution in [0.1, 0.15) is 5.56 Å². The second kappa shape index (κ2) is 5.75. The van der Waals surface area contributed by atoms with Crippen molar-refractivity contribution >= 4 is 50.5 Å². The Hall–Kier alpha value is -1.05. The highest BCUT2D eigenvalue weighted by atomic mass is 79.9. The maximum absolute atomic E-state index is 12.8. The van der Waals surface area contributed by atoms with Gasteiger partial charge in [-0.3, -0.25) is 0 Å². The SMILES string of the molecule is FC(F)(F)c1cc(Nc2cc(Cl)nnc2Cl)ccc1Br. The summed E-state index contributed by atoms with van der Waals surface area (Å²) in [7, 11) is 0. The molecule has 0 radical (unpaired) electrons. The summed E-state index contributed by atoms with van der Waals surface area (Å²) in [4.78, 5) is 0. The second-order valence-electron chi connectivity index (χ2n) is 3.69. The molecule has 1 aromatic heterocycles. The molecule has 0 aliphatic carbocycles. The largest absolute Gasteiger partial charge is 0.417 e. The quantitative estimate of drug-likeness (QED) is 0.760.